The zero-order valence-electron chi connectivity index (χ0n) is 16.9. The molecule has 0 bridgehead atoms. The number of hydrogen-bond acceptors (Lipinski definition) is 5. The van der Waals surface area contributed by atoms with E-state index in [0.29, 0.717) is 22.6 Å². The van der Waals surface area contributed by atoms with Gasteiger partial charge in [0.25, 0.3) is 5.91 Å². The standard InChI is InChI=1S/C21H22F3NO4S/c1-20(2)19(26)25(12-13-8-10-14(11-9-13)30-21(22,23)24)18(29-20)17-15(27-3)6-5-7-16(17)28-4/h5-11,18H,12H2,1-4H3. The molecule has 2 aromatic rings. The molecule has 0 aromatic heterocycles. The van der Waals surface area contributed by atoms with Crippen molar-refractivity contribution in [1.82, 2.24) is 4.90 Å². The summed E-state index contributed by atoms with van der Waals surface area (Å²) in [4.78, 5) is 14.7. The molecule has 30 heavy (non-hydrogen) atoms. The Morgan fingerprint density at radius 3 is 2.13 bits per heavy atom. The number of carbonyl (C=O) groups excluding carboxylic acids is 1. The summed E-state index contributed by atoms with van der Waals surface area (Å²) < 4.78 is 54.7. The van der Waals surface area contributed by atoms with Crippen molar-refractivity contribution in [3.05, 3.63) is 53.6 Å². The van der Waals surface area contributed by atoms with E-state index < -0.39 is 17.3 Å². The third-order valence-electron chi connectivity index (χ3n) is 4.69. The first-order valence-electron chi connectivity index (χ1n) is 9.10. The Morgan fingerprint density at radius 2 is 1.63 bits per heavy atom. The molecule has 162 valence electrons. The van der Waals surface area contributed by atoms with Crippen molar-refractivity contribution in [2.45, 2.75) is 42.6 Å². The van der Waals surface area contributed by atoms with E-state index in [4.69, 9.17) is 14.2 Å². The van der Waals surface area contributed by atoms with Gasteiger partial charge in [0.2, 0.25) is 0 Å². The van der Waals surface area contributed by atoms with E-state index >= 15 is 0 Å². The molecule has 3 rings (SSSR count). The molecule has 1 unspecified atom stereocenters. The monoisotopic (exact) mass is 441 g/mol. The van der Waals surface area contributed by atoms with E-state index in [1.807, 2.05) is 0 Å². The molecule has 0 spiro atoms. The van der Waals surface area contributed by atoms with Gasteiger partial charge in [0.05, 0.1) is 19.8 Å². The number of amides is 1. The lowest BCUT2D eigenvalue weighted by Gasteiger charge is -2.26. The average Bonchev–Trinajstić information content (AvgIpc) is 2.90. The molecule has 1 heterocycles. The molecule has 5 nitrogen and oxygen atoms in total. The van der Waals surface area contributed by atoms with Gasteiger partial charge in [0.15, 0.2) is 6.23 Å². The Labute approximate surface area is 177 Å². The van der Waals surface area contributed by atoms with Crippen LogP contribution in [0.15, 0.2) is 47.4 Å². The van der Waals surface area contributed by atoms with Gasteiger partial charge in [-0.25, -0.2) is 0 Å². The molecular weight excluding hydrogens is 419 g/mol. The Bertz CT molecular complexity index is 893. The smallest absolute Gasteiger partial charge is 0.446 e. The number of halogens is 3. The van der Waals surface area contributed by atoms with Crippen molar-refractivity contribution in [1.29, 1.82) is 0 Å². The van der Waals surface area contributed by atoms with Crippen LogP contribution in [0.3, 0.4) is 0 Å². The van der Waals surface area contributed by atoms with Crippen LogP contribution < -0.4 is 9.47 Å². The summed E-state index contributed by atoms with van der Waals surface area (Å²) in [5.41, 5.74) is -4.18. The second-order valence-electron chi connectivity index (χ2n) is 7.18. The van der Waals surface area contributed by atoms with Crippen LogP contribution in [-0.4, -0.2) is 36.1 Å². The first-order chi connectivity index (χ1) is 14.1. The van der Waals surface area contributed by atoms with E-state index in [1.165, 1.54) is 31.3 Å². The predicted molar refractivity (Wildman–Crippen MR) is 106 cm³/mol. The highest BCUT2D eigenvalue weighted by Gasteiger charge is 2.48. The van der Waals surface area contributed by atoms with Gasteiger partial charge >= 0.3 is 5.51 Å². The van der Waals surface area contributed by atoms with E-state index in [-0.39, 0.29) is 29.1 Å². The van der Waals surface area contributed by atoms with Crippen LogP contribution >= 0.6 is 11.8 Å². The minimum Gasteiger partial charge on any atom is -0.496 e. The summed E-state index contributed by atoms with van der Waals surface area (Å²) in [6.07, 6.45) is -0.775. The first kappa shape index (κ1) is 22.3. The molecule has 1 amide bonds. The average molecular weight is 441 g/mol. The lowest BCUT2D eigenvalue weighted by molar-refractivity contribution is -0.134. The summed E-state index contributed by atoms with van der Waals surface area (Å²) in [5, 5.41) is 0. The largest absolute Gasteiger partial charge is 0.496 e. The van der Waals surface area contributed by atoms with Crippen molar-refractivity contribution in [2.75, 3.05) is 14.2 Å². The zero-order chi connectivity index (χ0) is 22.1. The highest BCUT2D eigenvalue weighted by atomic mass is 32.2. The first-order valence-corrected chi connectivity index (χ1v) is 9.92. The number of nitrogens with zero attached hydrogens (tertiary/aromatic N) is 1. The normalized spacial score (nSPS) is 18.6. The molecule has 1 aliphatic rings. The summed E-state index contributed by atoms with van der Waals surface area (Å²) in [7, 11) is 3.03. The van der Waals surface area contributed by atoms with E-state index in [9.17, 15) is 18.0 Å². The quantitative estimate of drug-likeness (QED) is 0.580. The SMILES string of the molecule is COc1cccc(OC)c1C1OC(C)(C)C(=O)N1Cc1ccc(SC(F)(F)F)cc1. The topological polar surface area (TPSA) is 48.0 Å². The van der Waals surface area contributed by atoms with Crippen LogP contribution in [0.2, 0.25) is 0 Å². The number of rotatable bonds is 6. The third kappa shape index (κ3) is 4.67. The van der Waals surface area contributed by atoms with Gasteiger partial charge in [0, 0.05) is 11.4 Å². The molecule has 1 atom stereocenters. The summed E-state index contributed by atoms with van der Waals surface area (Å²) in [6, 6.07) is 11.2. The maximum absolute atomic E-state index is 13.0. The van der Waals surface area contributed by atoms with Gasteiger partial charge in [-0.2, -0.15) is 13.2 Å². The minimum absolute atomic E-state index is 0.0820. The van der Waals surface area contributed by atoms with Crippen molar-refractivity contribution >= 4 is 17.7 Å². The van der Waals surface area contributed by atoms with Gasteiger partial charge in [-0.1, -0.05) is 18.2 Å². The molecule has 0 aliphatic carbocycles. The number of hydrogen-bond donors (Lipinski definition) is 0. The van der Waals surface area contributed by atoms with Crippen LogP contribution in [0, 0.1) is 0 Å². The molecule has 1 fully saturated rings. The van der Waals surface area contributed by atoms with Crippen LogP contribution in [-0.2, 0) is 16.1 Å². The lowest BCUT2D eigenvalue weighted by Crippen LogP contribution is -2.35. The molecule has 1 saturated heterocycles. The summed E-state index contributed by atoms with van der Waals surface area (Å²) in [6.45, 7) is 3.51. The number of ether oxygens (including phenoxy) is 3. The lowest BCUT2D eigenvalue weighted by atomic mass is 10.1. The zero-order valence-corrected chi connectivity index (χ0v) is 17.8. The van der Waals surface area contributed by atoms with Crippen molar-refractivity contribution in [3.8, 4) is 11.5 Å². The maximum atomic E-state index is 13.0. The van der Waals surface area contributed by atoms with Gasteiger partial charge < -0.3 is 19.1 Å². The Hall–Kier alpha value is -2.39. The molecule has 2 aromatic carbocycles. The fourth-order valence-electron chi connectivity index (χ4n) is 3.33. The Morgan fingerprint density at radius 1 is 1.07 bits per heavy atom. The molecule has 9 heteroatoms. The highest BCUT2D eigenvalue weighted by Crippen LogP contribution is 2.45. The maximum Gasteiger partial charge on any atom is 0.446 e. The predicted octanol–water partition coefficient (Wildman–Crippen LogP) is 5.15. The fourth-order valence-corrected chi connectivity index (χ4v) is 3.87. The molecule has 0 N–H and O–H groups in total. The van der Waals surface area contributed by atoms with Gasteiger partial charge in [-0.05, 0) is 55.4 Å². The highest BCUT2D eigenvalue weighted by molar-refractivity contribution is 8.00. The number of methoxy groups -OCH3 is 2. The van der Waals surface area contributed by atoms with Gasteiger partial charge in [-0.3, -0.25) is 4.79 Å². The summed E-state index contributed by atoms with van der Waals surface area (Å²) >= 11 is -0.179. The fraction of sp³-hybridized carbons (Fsp3) is 0.381. The summed E-state index contributed by atoms with van der Waals surface area (Å²) in [5.74, 6) is 0.771. The molecule has 0 radical (unpaired) electrons. The van der Waals surface area contributed by atoms with Crippen LogP contribution in [0.25, 0.3) is 0 Å². The second-order valence-corrected chi connectivity index (χ2v) is 8.32. The van der Waals surface area contributed by atoms with Crippen LogP contribution in [0.1, 0.15) is 31.2 Å². The number of benzene rings is 2. The van der Waals surface area contributed by atoms with Crippen molar-refractivity contribution in [2.24, 2.45) is 0 Å². The van der Waals surface area contributed by atoms with Gasteiger partial charge in [-0.15, -0.1) is 0 Å². The molecule has 1 aliphatic heterocycles. The number of carbonyl (C=O) groups is 1. The Balaban J connectivity index is 1.93. The third-order valence-corrected chi connectivity index (χ3v) is 5.43. The van der Waals surface area contributed by atoms with Crippen molar-refractivity contribution < 1.29 is 32.2 Å². The number of alkyl halides is 3. The van der Waals surface area contributed by atoms with Crippen LogP contribution in [0.4, 0.5) is 13.2 Å². The van der Waals surface area contributed by atoms with E-state index in [1.54, 1.807) is 44.2 Å². The minimum atomic E-state index is -4.35. The second kappa shape index (κ2) is 8.39. The van der Waals surface area contributed by atoms with Gasteiger partial charge in [0.1, 0.15) is 17.1 Å². The molecular formula is C21H22F3NO4S. The van der Waals surface area contributed by atoms with E-state index in [0.717, 1.165) is 0 Å². The van der Waals surface area contributed by atoms with Crippen molar-refractivity contribution in [3.63, 3.8) is 0 Å². The van der Waals surface area contributed by atoms with E-state index in [2.05, 4.69) is 0 Å². The van der Waals surface area contributed by atoms with Crippen LogP contribution in [0.5, 0.6) is 11.5 Å². The Kier molecular flexibility index (Phi) is 6.24. The molecule has 0 saturated carbocycles. The number of thioether (sulfide) groups is 1.